The number of anilines is 1. The number of nitrogens with one attached hydrogen (secondary N) is 1. The van der Waals surface area contributed by atoms with Crippen molar-refractivity contribution in [1.29, 1.82) is 0 Å². The van der Waals surface area contributed by atoms with Gasteiger partial charge in [-0.2, -0.15) is 0 Å². The van der Waals surface area contributed by atoms with Crippen molar-refractivity contribution in [2.75, 3.05) is 24.5 Å². The van der Waals surface area contributed by atoms with E-state index in [0.717, 1.165) is 17.1 Å². The normalized spacial score (nSPS) is 12.0. The van der Waals surface area contributed by atoms with Gasteiger partial charge >= 0.3 is 0 Å². The fourth-order valence-corrected chi connectivity index (χ4v) is 6.28. The minimum atomic E-state index is -4.28. The average molecular weight is 655 g/mol. The van der Waals surface area contributed by atoms with Crippen LogP contribution in [-0.2, 0) is 26.2 Å². The molecule has 0 heterocycles. The van der Waals surface area contributed by atoms with Gasteiger partial charge in [0, 0.05) is 18.1 Å². The van der Waals surface area contributed by atoms with Crippen molar-refractivity contribution in [2.45, 2.75) is 50.6 Å². The summed E-state index contributed by atoms with van der Waals surface area (Å²) >= 11 is 18.6. The summed E-state index contributed by atoms with van der Waals surface area (Å²) in [6.45, 7) is 3.61. The van der Waals surface area contributed by atoms with Gasteiger partial charge in [-0.25, -0.2) is 8.42 Å². The van der Waals surface area contributed by atoms with Crippen LogP contribution in [0.25, 0.3) is 0 Å². The van der Waals surface area contributed by atoms with Crippen LogP contribution in [0.4, 0.5) is 5.69 Å². The molecular weight excluding hydrogens is 621 g/mol. The highest BCUT2D eigenvalue weighted by Gasteiger charge is 2.35. The maximum atomic E-state index is 14.2. The number of halogens is 3. The number of hydrogen-bond acceptors (Lipinski definition) is 5. The van der Waals surface area contributed by atoms with Gasteiger partial charge < -0.3 is 15.0 Å². The van der Waals surface area contributed by atoms with Crippen molar-refractivity contribution < 1.29 is 22.7 Å². The third kappa shape index (κ3) is 8.31. The first kappa shape index (κ1) is 33.5. The molecule has 12 heteroatoms. The van der Waals surface area contributed by atoms with Crippen LogP contribution in [0.2, 0.25) is 15.1 Å². The second-order valence-electron chi connectivity index (χ2n) is 9.48. The van der Waals surface area contributed by atoms with Gasteiger partial charge in [0.25, 0.3) is 10.0 Å². The predicted octanol–water partition coefficient (Wildman–Crippen LogP) is 6.57. The summed E-state index contributed by atoms with van der Waals surface area (Å²) in [7, 11) is -2.88. The molecule has 3 rings (SSSR count). The molecule has 0 saturated carbocycles. The minimum absolute atomic E-state index is 0.0126. The third-order valence-corrected chi connectivity index (χ3v) is 9.32. The maximum absolute atomic E-state index is 14.2. The zero-order valence-corrected chi connectivity index (χ0v) is 26.7. The van der Waals surface area contributed by atoms with Crippen molar-refractivity contribution in [3.8, 4) is 5.75 Å². The Balaban J connectivity index is 2.10. The van der Waals surface area contributed by atoms with E-state index in [1.807, 2.05) is 6.92 Å². The van der Waals surface area contributed by atoms with Gasteiger partial charge in [0.05, 0.1) is 27.7 Å². The average Bonchev–Trinajstić information content (AvgIpc) is 2.98. The van der Waals surface area contributed by atoms with Gasteiger partial charge in [0.1, 0.15) is 18.3 Å². The van der Waals surface area contributed by atoms with Crippen molar-refractivity contribution >= 4 is 62.3 Å². The molecule has 0 aliphatic heterocycles. The lowest BCUT2D eigenvalue weighted by molar-refractivity contribution is -0.140. The fourth-order valence-electron chi connectivity index (χ4n) is 4.35. The summed E-state index contributed by atoms with van der Waals surface area (Å²) in [5, 5.41) is 3.78. The minimum Gasteiger partial charge on any atom is -0.495 e. The van der Waals surface area contributed by atoms with Gasteiger partial charge in [0.2, 0.25) is 11.8 Å². The SMILES string of the molecule is CCCCNC(=O)C(CC)N(Cc1ccc(Cl)c(Cl)c1)C(=O)CN(c1cc(Cl)ccc1OC)S(=O)(=O)c1ccccc1. The molecule has 3 aromatic rings. The first-order valence-corrected chi connectivity index (χ1v) is 16.0. The van der Waals surface area contributed by atoms with Gasteiger partial charge in [-0.15, -0.1) is 0 Å². The topological polar surface area (TPSA) is 96.0 Å². The van der Waals surface area contributed by atoms with Gasteiger partial charge in [0.15, 0.2) is 0 Å². The summed E-state index contributed by atoms with van der Waals surface area (Å²) in [5.74, 6) is -0.746. The number of carbonyl (C=O) groups is 2. The number of rotatable bonds is 14. The van der Waals surface area contributed by atoms with Crippen molar-refractivity contribution in [1.82, 2.24) is 10.2 Å². The molecule has 8 nitrogen and oxygen atoms in total. The molecule has 3 aromatic carbocycles. The van der Waals surface area contributed by atoms with Crippen LogP contribution in [-0.4, -0.2) is 51.4 Å². The smallest absolute Gasteiger partial charge is 0.264 e. The molecule has 1 unspecified atom stereocenters. The number of methoxy groups -OCH3 is 1. The molecule has 0 aliphatic rings. The first-order chi connectivity index (χ1) is 20.0. The number of amides is 2. The zero-order valence-electron chi connectivity index (χ0n) is 23.6. The number of ether oxygens (including phenoxy) is 1. The van der Waals surface area contributed by atoms with E-state index in [-0.39, 0.29) is 40.2 Å². The molecule has 0 aromatic heterocycles. The molecular formula is C30H34Cl3N3O5S. The monoisotopic (exact) mass is 653 g/mol. The molecule has 1 atom stereocenters. The second kappa shape index (κ2) is 15.5. The lowest BCUT2D eigenvalue weighted by Crippen LogP contribution is -2.52. The molecule has 0 radical (unpaired) electrons. The van der Waals surface area contributed by atoms with Crippen LogP contribution >= 0.6 is 34.8 Å². The van der Waals surface area contributed by atoms with E-state index >= 15 is 0 Å². The molecule has 0 aliphatic carbocycles. The quantitative estimate of drug-likeness (QED) is 0.198. The Morgan fingerprint density at radius 2 is 1.67 bits per heavy atom. The fraction of sp³-hybridized carbons (Fsp3) is 0.333. The number of unbranched alkanes of at least 4 members (excludes halogenated alkanes) is 1. The summed E-state index contributed by atoms with van der Waals surface area (Å²) in [6.07, 6.45) is 1.95. The lowest BCUT2D eigenvalue weighted by Gasteiger charge is -2.33. The summed E-state index contributed by atoms with van der Waals surface area (Å²) in [6, 6.07) is 16.3. The van der Waals surface area contributed by atoms with Crippen LogP contribution in [0.15, 0.2) is 71.6 Å². The van der Waals surface area contributed by atoms with Gasteiger partial charge in [-0.3, -0.25) is 13.9 Å². The van der Waals surface area contributed by atoms with Crippen LogP contribution in [0.5, 0.6) is 5.75 Å². The number of nitrogens with zero attached hydrogens (tertiary/aromatic N) is 2. The highest BCUT2D eigenvalue weighted by Crippen LogP contribution is 2.35. The molecule has 226 valence electrons. The van der Waals surface area contributed by atoms with E-state index in [2.05, 4.69) is 5.32 Å². The summed E-state index contributed by atoms with van der Waals surface area (Å²) < 4.78 is 34.4. The third-order valence-electron chi connectivity index (χ3n) is 6.57. The first-order valence-electron chi connectivity index (χ1n) is 13.5. The molecule has 2 amide bonds. The summed E-state index contributed by atoms with van der Waals surface area (Å²) in [5.41, 5.74) is 0.701. The zero-order chi connectivity index (χ0) is 30.9. The highest BCUT2D eigenvalue weighted by molar-refractivity contribution is 7.92. The van der Waals surface area contributed by atoms with Crippen LogP contribution in [0, 0.1) is 0 Å². The predicted molar refractivity (Wildman–Crippen MR) is 168 cm³/mol. The summed E-state index contributed by atoms with van der Waals surface area (Å²) in [4.78, 5) is 28.8. The Bertz CT molecular complexity index is 1490. The second-order valence-corrected chi connectivity index (χ2v) is 12.6. The van der Waals surface area contributed by atoms with Crippen LogP contribution in [0.1, 0.15) is 38.7 Å². The number of carbonyl (C=O) groups excluding carboxylic acids is 2. The van der Waals surface area contributed by atoms with Crippen molar-refractivity contribution in [3.63, 3.8) is 0 Å². The van der Waals surface area contributed by atoms with Gasteiger partial charge in [-0.05, 0) is 60.9 Å². The van der Waals surface area contributed by atoms with E-state index in [0.29, 0.717) is 22.2 Å². The van der Waals surface area contributed by atoms with Crippen molar-refractivity contribution in [2.24, 2.45) is 0 Å². The van der Waals surface area contributed by atoms with Crippen LogP contribution < -0.4 is 14.4 Å². The molecule has 42 heavy (non-hydrogen) atoms. The Hall–Kier alpha value is -2.98. The van der Waals surface area contributed by atoms with E-state index in [1.54, 1.807) is 49.4 Å². The maximum Gasteiger partial charge on any atom is 0.264 e. The van der Waals surface area contributed by atoms with Crippen molar-refractivity contribution in [3.05, 3.63) is 87.4 Å². The molecule has 1 N–H and O–H groups in total. The molecule has 0 fully saturated rings. The Morgan fingerprint density at radius 3 is 2.29 bits per heavy atom. The standard InChI is InChI=1S/C30H34Cl3N3O5S/c1-4-6-16-34-30(38)26(5-2)35(19-21-12-14-24(32)25(33)17-21)29(37)20-36(27-18-22(31)13-15-28(27)41-3)42(39,40)23-10-8-7-9-11-23/h7-15,17-18,26H,4-6,16,19-20H2,1-3H3,(H,34,38). The molecule has 0 bridgehead atoms. The largest absolute Gasteiger partial charge is 0.495 e. The molecule has 0 spiro atoms. The van der Waals surface area contributed by atoms with E-state index in [4.69, 9.17) is 39.5 Å². The number of sulfonamides is 1. The molecule has 0 saturated heterocycles. The van der Waals surface area contributed by atoms with E-state index in [1.165, 1.54) is 36.3 Å². The Labute approximate surface area is 262 Å². The highest BCUT2D eigenvalue weighted by atomic mass is 35.5. The lowest BCUT2D eigenvalue weighted by atomic mass is 10.1. The number of benzene rings is 3. The van der Waals surface area contributed by atoms with Gasteiger partial charge in [-0.1, -0.05) is 79.3 Å². The van der Waals surface area contributed by atoms with Crippen LogP contribution in [0.3, 0.4) is 0 Å². The Morgan fingerprint density at radius 1 is 0.952 bits per heavy atom. The van der Waals surface area contributed by atoms with E-state index in [9.17, 15) is 18.0 Å². The Kier molecular flexibility index (Phi) is 12.4. The van der Waals surface area contributed by atoms with E-state index < -0.39 is 28.5 Å². The number of hydrogen-bond donors (Lipinski definition) is 1.